The molecule has 0 radical (unpaired) electrons. The number of aromatic nitrogens is 3. The summed E-state index contributed by atoms with van der Waals surface area (Å²) in [6, 6.07) is 23.0. The van der Waals surface area contributed by atoms with Gasteiger partial charge < -0.3 is 24.6 Å². The van der Waals surface area contributed by atoms with Crippen LogP contribution in [0, 0.1) is 30.3 Å². The molecule has 5 aromatic rings. The summed E-state index contributed by atoms with van der Waals surface area (Å²) in [5.74, 6) is -1.22. The summed E-state index contributed by atoms with van der Waals surface area (Å²) in [7, 11) is 0. The van der Waals surface area contributed by atoms with E-state index in [0.29, 0.717) is 62.8 Å². The molecule has 1 aromatic heterocycles. The number of benzene rings is 4. The molecule has 50 heavy (non-hydrogen) atoms. The maximum atomic E-state index is 15.0. The monoisotopic (exact) mass is 682 g/mol. The molecule has 2 atom stereocenters. The minimum atomic E-state index is -1.04. The normalized spacial score (nSPS) is 19.1. The van der Waals surface area contributed by atoms with Gasteiger partial charge in [-0.25, -0.2) is 22.8 Å². The molecule has 2 fully saturated rings. The number of hydrogen-bond donors (Lipinski definition) is 1. The highest BCUT2D eigenvalue weighted by molar-refractivity contribution is 6.06. The number of anilines is 3. The van der Waals surface area contributed by atoms with Crippen LogP contribution in [0.2, 0.25) is 0 Å². The van der Waals surface area contributed by atoms with E-state index in [-0.39, 0.29) is 29.8 Å². The lowest BCUT2D eigenvalue weighted by Crippen LogP contribution is -2.46. The summed E-state index contributed by atoms with van der Waals surface area (Å²) >= 11 is 0. The van der Waals surface area contributed by atoms with Crippen LogP contribution in [0.25, 0.3) is 0 Å². The van der Waals surface area contributed by atoms with Crippen LogP contribution in [0.4, 0.5) is 30.2 Å². The molecular formula is C38H37F3N6O3. The SMILES string of the molecule is Cc1cc(N2CCN(c3cc(F)ccc3NC(=O)c3ccccc3)CC2)ccc1OC[C@@H]1CO[C@@](Cn2cncn2)(c2ccc(F)cc2F)C1. The highest BCUT2D eigenvalue weighted by Crippen LogP contribution is 2.42. The fraction of sp³-hybridized carbons (Fsp3) is 0.289. The van der Waals surface area contributed by atoms with Crippen LogP contribution in [0.5, 0.6) is 5.75 Å². The Bertz CT molecular complexity index is 1950. The standard InChI is InChI=1S/C38H37F3N6O3/c1-26-17-31(45-13-15-46(16-14-45)35-19-30(40)8-11-34(35)44-37(48)28-5-3-2-4-6-28)9-12-36(26)49-21-27-20-38(50-22-27,23-47-25-42-24-43-47)32-10-7-29(39)18-33(32)41/h2-12,17-19,24-25,27H,13-16,20-23H2,1H3,(H,44,48)/t27-,38+/m1/s1. The predicted molar refractivity (Wildman–Crippen MR) is 184 cm³/mol. The van der Waals surface area contributed by atoms with Gasteiger partial charge in [-0.1, -0.05) is 24.3 Å². The van der Waals surface area contributed by atoms with Gasteiger partial charge in [-0.15, -0.1) is 0 Å². The van der Waals surface area contributed by atoms with Crippen molar-refractivity contribution in [1.29, 1.82) is 0 Å². The Kier molecular flexibility index (Phi) is 9.44. The number of carbonyl (C=O) groups excluding carboxylic acids is 1. The third kappa shape index (κ3) is 7.16. The minimum Gasteiger partial charge on any atom is -0.493 e. The van der Waals surface area contributed by atoms with Gasteiger partial charge in [0.15, 0.2) is 0 Å². The van der Waals surface area contributed by atoms with Crippen molar-refractivity contribution in [3.8, 4) is 5.75 Å². The minimum absolute atomic E-state index is 0.0414. The van der Waals surface area contributed by atoms with Crippen molar-refractivity contribution in [2.75, 3.05) is 54.5 Å². The lowest BCUT2D eigenvalue weighted by Gasteiger charge is -2.38. The molecule has 0 aliphatic carbocycles. The van der Waals surface area contributed by atoms with Crippen LogP contribution in [-0.4, -0.2) is 60.1 Å². The van der Waals surface area contributed by atoms with Gasteiger partial charge in [0.05, 0.1) is 31.1 Å². The van der Waals surface area contributed by atoms with Crippen LogP contribution in [0.3, 0.4) is 0 Å². The van der Waals surface area contributed by atoms with E-state index in [2.05, 4.69) is 31.3 Å². The predicted octanol–water partition coefficient (Wildman–Crippen LogP) is 6.59. The maximum absolute atomic E-state index is 15.0. The van der Waals surface area contributed by atoms with Gasteiger partial charge in [0.25, 0.3) is 5.91 Å². The van der Waals surface area contributed by atoms with E-state index in [1.54, 1.807) is 41.3 Å². The van der Waals surface area contributed by atoms with E-state index >= 15 is 4.39 Å². The third-order valence-corrected chi connectivity index (χ3v) is 9.38. The molecule has 7 rings (SSSR count). The van der Waals surface area contributed by atoms with Gasteiger partial charge >= 0.3 is 0 Å². The quantitative estimate of drug-likeness (QED) is 0.178. The van der Waals surface area contributed by atoms with Gasteiger partial charge in [-0.2, -0.15) is 5.10 Å². The van der Waals surface area contributed by atoms with Gasteiger partial charge in [0.1, 0.15) is 41.5 Å². The number of piperazine rings is 1. The zero-order chi connectivity index (χ0) is 34.7. The smallest absolute Gasteiger partial charge is 0.255 e. The summed E-state index contributed by atoms with van der Waals surface area (Å²) in [4.78, 5) is 21.2. The largest absolute Gasteiger partial charge is 0.493 e. The van der Waals surface area contributed by atoms with E-state index in [4.69, 9.17) is 9.47 Å². The fourth-order valence-electron chi connectivity index (χ4n) is 6.85. The molecule has 1 amide bonds. The first-order valence-electron chi connectivity index (χ1n) is 16.6. The summed E-state index contributed by atoms with van der Waals surface area (Å²) in [6.45, 7) is 5.62. The van der Waals surface area contributed by atoms with E-state index in [1.165, 1.54) is 30.6 Å². The highest BCUT2D eigenvalue weighted by Gasteiger charge is 2.44. The number of halogens is 3. The van der Waals surface area contributed by atoms with Crippen molar-refractivity contribution in [1.82, 2.24) is 14.8 Å². The first-order chi connectivity index (χ1) is 24.3. The summed E-state index contributed by atoms with van der Waals surface area (Å²) in [6.07, 6.45) is 3.41. The maximum Gasteiger partial charge on any atom is 0.255 e. The van der Waals surface area contributed by atoms with Gasteiger partial charge in [-0.3, -0.25) is 4.79 Å². The third-order valence-electron chi connectivity index (χ3n) is 9.38. The van der Waals surface area contributed by atoms with E-state index in [0.717, 1.165) is 23.1 Å². The second-order valence-corrected chi connectivity index (χ2v) is 12.8. The number of hydrogen-bond acceptors (Lipinski definition) is 7. The van der Waals surface area contributed by atoms with Crippen LogP contribution >= 0.6 is 0 Å². The molecule has 2 saturated heterocycles. The Labute approximate surface area is 288 Å². The molecule has 12 heteroatoms. The van der Waals surface area contributed by atoms with E-state index in [1.807, 2.05) is 25.1 Å². The molecule has 2 aliphatic heterocycles. The first kappa shape index (κ1) is 33.2. The zero-order valence-electron chi connectivity index (χ0n) is 27.6. The van der Waals surface area contributed by atoms with Gasteiger partial charge in [-0.05, 0) is 73.5 Å². The van der Waals surface area contributed by atoms with Crippen molar-refractivity contribution in [3.63, 3.8) is 0 Å². The average molecular weight is 683 g/mol. The number of amides is 1. The van der Waals surface area contributed by atoms with Crippen molar-refractivity contribution < 1.29 is 27.4 Å². The number of aryl methyl sites for hydroxylation is 1. The van der Waals surface area contributed by atoms with E-state index in [9.17, 15) is 13.6 Å². The molecule has 3 heterocycles. The summed E-state index contributed by atoms with van der Waals surface area (Å²) in [5.41, 5.74) is 3.01. The highest BCUT2D eigenvalue weighted by atomic mass is 19.1. The first-order valence-corrected chi connectivity index (χ1v) is 16.6. The Morgan fingerprint density at radius 2 is 1.70 bits per heavy atom. The Morgan fingerprint density at radius 3 is 2.44 bits per heavy atom. The average Bonchev–Trinajstić information content (AvgIpc) is 3.79. The molecular weight excluding hydrogens is 645 g/mol. The molecule has 0 bridgehead atoms. The van der Waals surface area contributed by atoms with Crippen molar-refractivity contribution in [3.05, 3.63) is 132 Å². The molecule has 0 spiro atoms. The van der Waals surface area contributed by atoms with Crippen molar-refractivity contribution in [2.24, 2.45) is 5.92 Å². The second-order valence-electron chi connectivity index (χ2n) is 12.8. The van der Waals surface area contributed by atoms with Gasteiger partial charge in [0, 0.05) is 55.0 Å². The lowest BCUT2D eigenvalue weighted by molar-refractivity contribution is -0.0206. The van der Waals surface area contributed by atoms with Crippen LogP contribution in [-0.2, 0) is 16.9 Å². The van der Waals surface area contributed by atoms with Crippen molar-refractivity contribution in [2.45, 2.75) is 25.5 Å². The summed E-state index contributed by atoms with van der Waals surface area (Å²) in [5, 5.41) is 7.13. The van der Waals surface area contributed by atoms with Crippen LogP contribution in [0.1, 0.15) is 27.9 Å². The fourth-order valence-corrected chi connectivity index (χ4v) is 6.85. The Morgan fingerprint density at radius 1 is 0.940 bits per heavy atom. The number of nitrogens with zero attached hydrogens (tertiary/aromatic N) is 5. The zero-order valence-corrected chi connectivity index (χ0v) is 27.6. The topological polar surface area (TPSA) is 84.8 Å². The molecule has 1 N–H and O–H groups in total. The molecule has 0 saturated carbocycles. The molecule has 2 aliphatic rings. The Hall–Kier alpha value is -5.36. The second kappa shape index (κ2) is 14.2. The Balaban J connectivity index is 0.973. The van der Waals surface area contributed by atoms with E-state index < -0.39 is 17.2 Å². The number of nitrogens with one attached hydrogen (secondary N) is 1. The van der Waals surface area contributed by atoms with Crippen LogP contribution in [0.15, 0.2) is 97.6 Å². The molecule has 258 valence electrons. The molecule has 9 nitrogen and oxygen atoms in total. The van der Waals surface area contributed by atoms with Gasteiger partial charge in [0.2, 0.25) is 0 Å². The molecule has 4 aromatic carbocycles. The van der Waals surface area contributed by atoms with Crippen LogP contribution < -0.4 is 19.9 Å². The van der Waals surface area contributed by atoms with Crippen molar-refractivity contribution >= 4 is 23.0 Å². The lowest BCUT2D eigenvalue weighted by atomic mass is 9.87. The number of rotatable bonds is 10. The number of carbonyl (C=O) groups is 1. The summed E-state index contributed by atoms with van der Waals surface area (Å²) < 4.78 is 57.3. The number of ether oxygens (including phenoxy) is 2. The molecule has 0 unspecified atom stereocenters.